The molecule has 2 atom stereocenters. The number of aromatic nitrogens is 2. The molecule has 1 aliphatic heterocycles. The zero-order chi connectivity index (χ0) is 20.6. The molecular formula is C22H18ClN3O3. The molecule has 4 rings (SSSR count). The van der Waals surface area contributed by atoms with E-state index in [4.69, 9.17) is 21.1 Å². The van der Waals surface area contributed by atoms with Gasteiger partial charge >= 0.3 is 0 Å². The van der Waals surface area contributed by atoms with Crippen molar-refractivity contribution >= 4 is 11.6 Å². The van der Waals surface area contributed by atoms with Crippen LogP contribution in [0.1, 0.15) is 31.1 Å². The SMILES string of the molecule is CC1(C)Oc2ccc(C#N)cc2C(Oc2ccc(-c3ccc(Cl)cc3)nn2)C1O. The Morgan fingerprint density at radius 3 is 2.52 bits per heavy atom. The first-order valence-corrected chi connectivity index (χ1v) is 9.42. The summed E-state index contributed by atoms with van der Waals surface area (Å²) in [5.41, 5.74) is 1.73. The van der Waals surface area contributed by atoms with Crippen LogP contribution in [0.5, 0.6) is 11.6 Å². The van der Waals surface area contributed by atoms with Crippen LogP contribution < -0.4 is 9.47 Å². The molecule has 0 amide bonds. The summed E-state index contributed by atoms with van der Waals surface area (Å²) in [6.07, 6.45) is -1.72. The second-order valence-corrected chi connectivity index (χ2v) is 7.75. The number of nitriles is 1. The van der Waals surface area contributed by atoms with Gasteiger partial charge in [0.25, 0.3) is 0 Å². The average molecular weight is 408 g/mol. The highest BCUT2D eigenvalue weighted by molar-refractivity contribution is 6.30. The first-order chi connectivity index (χ1) is 13.9. The number of halogens is 1. The van der Waals surface area contributed by atoms with Crippen molar-refractivity contribution < 1.29 is 14.6 Å². The second kappa shape index (κ2) is 7.36. The van der Waals surface area contributed by atoms with E-state index in [1.54, 1.807) is 56.3 Å². The summed E-state index contributed by atoms with van der Waals surface area (Å²) in [7, 11) is 0. The van der Waals surface area contributed by atoms with Gasteiger partial charge in [0.15, 0.2) is 6.10 Å². The summed E-state index contributed by atoms with van der Waals surface area (Å²) in [6, 6.07) is 17.9. The first kappa shape index (κ1) is 19.2. The highest BCUT2D eigenvalue weighted by atomic mass is 35.5. The van der Waals surface area contributed by atoms with Crippen LogP contribution in [0.25, 0.3) is 11.3 Å². The van der Waals surface area contributed by atoms with Gasteiger partial charge in [-0.05, 0) is 50.2 Å². The van der Waals surface area contributed by atoms with Crippen molar-refractivity contribution in [2.75, 3.05) is 0 Å². The van der Waals surface area contributed by atoms with E-state index in [-0.39, 0.29) is 5.88 Å². The Labute approximate surface area is 173 Å². The Balaban J connectivity index is 1.64. The van der Waals surface area contributed by atoms with Gasteiger partial charge < -0.3 is 14.6 Å². The minimum Gasteiger partial charge on any atom is -0.485 e. The van der Waals surface area contributed by atoms with Gasteiger partial charge in [-0.15, -0.1) is 10.2 Å². The number of rotatable bonds is 3. The van der Waals surface area contributed by atoms with Crippen molar-refractivity contribution in [1.29, 1.82) is 5.26 Å². The molecule has 146 valence electrons. The van der Waals surface area contributed by atoms with Crippen LogP contribution in [-0.4, -0.2) is 27.0 Å². The van der Waals surface area contributed by atoms with Crippen molar-refractivity contribution in [1.82, 2.24) is 10.2 Å². The Hall–Kier alpha value is -3.14. The Bertz CT molecular complexity index is 1080. The Morgan fingerprint density at radius 1 is 1.10 bits per heavy atom. The number of aliphatic hydroxyl groups is 1. The molecule has 0 saturated heterocycles. The van der Waals surface area contributed by atoms with Crippen molar-refractivity contribution in [2.45, 2.75) is 31.7 Å². The van der Waals surface area contributed by atoms with Gasteiger partial charge in [-0.25, -0.2) is 0 Å². The topological polar surface area (TPSA) is 88.3 Å². The van der Waals surface area contributed by atoms with Gasteiger partial charge in [0.05, 0.1) is 17.3 Å². The smallest absolute Gasteiger partial charge is 0.234 e. The van der Waals surface area contributed by atoms with Gasteiger partial charge in [0.1, 0.15) is 17.5 Å². The fraction of sp³-hybridized carbons (Fsp3) is 0.227. The predicted octanol–water partition coefficient (Wildman–Crippen LogP) is 4.32. The van der Waals surface area contributed by atoms with E-state index in [2.05, 4.69) is 16.3 Å². The maximum atomic E-state index is 10.8. The molecule has 1 aliphatic rings. The third-order valence-corrected chi connectivity index (χ3v) is 5.10. The van der Waals surface area contributed by atoms with E-state index >= 15 is 0 Å². The van der Waals surface area contributed by atoms with Crippen LogP contribution in [0, 0.1) is 11.3 Å². The van der Waals surface area contributed by atoms with Gasteiger partial charge in [0.2, 0.25) is 5.88 Å². The number of hydrogen-bond acceptors (Lipinski definition) is 6. The van der Waals surface area contributed by atoms with Crippen molar-refractivity contribution in [3.8, 4) is 29.0 Å². The molecular weight excluding hydrogens is 390 g/mol. The van der Waals surface area contributed by atoms with E-state index in [1.165, 1.54) is 0 Å². The minimum absolute atomic E-state index is 0.262. The normalized spacial score (nSPS) is 19.6. The molecule has 0 saturated carbocycles. The summed E-state index contributed by atoms with van der Waals surface area (Å²) in [5, 5.41) is 29.1. The number of fused-ring (bicyclic) bond motifs is 1. The first-order valence-electron chi connectivity index (χ1n) is 9.05. The summed E-state index contributed by atoms with van der Waals surface area (Å²) >= 11 is 5.92. The molecule has 0 bridgehead atoms. The Morgan fingerprint density at radius 2 is 1.86 bits per heavy atom. The summed E-state index contributed by atoms with van der Waals surface area (Å²) in [6.45, 7) is 3.56. The zero-order valence-corrected chi connectivity index (χ0v) is 16.6. The fourth-order valence-electron chi connectivity index (χ4n) is 3.23. The number of aliphatic hydroxyl groups excluding tert-OH is 1. The molecule has 1 aromatic heterocycles. The standard InChI is InChI=1S/C22H18ClN3O3/c1-22(2)21(27)20(16-11-13(12-24)3-9-18(16)29-22)28-19-10-8-17(25-26-19)14-4-6-15(23)7-5-14/h3-11,20-21,27H,1-2H3. The van der Waals surface area contributed by atoms with Crippen LogP contribution in [0.3, 0.4) is 0 Å². The van der Waals surface area contributed by atoms with Crippen molar-refractivity contribution in [3.05, 3.63) is 70.7 Å². The molecule has 2 aromatic carbocycles. The van der Waals surface area contributed by atoms with Gasteiger partial charge in [0, 0.05) is 22.2 Å². The molecule has 2 unspecified atom stereocenters. The highest BCUT2D eigenvalue weighted by Crippen LogP contribution is 2.42. The number of ether oxygens (including phenoxy) is 2. The molecule has 2 heterocycles. The number of hydrogen-bond donors (Lipinski definition) is 1. The van der Waals surface area contributed by atoms with Crippen molar-refractivity contribution in [2.24, 2.45) is 0 Å². The van der Waals surface area contributed by atoms with E-state index in [0.29, 0.717) is 27.6 Å². The molecule has 0 aliphatic carbocycles. The molecule has 29 heavy (non-hydrogen) atoms. The van der Waals surface area contributed by atoms with E-state index in [9.17, 15) is 10.4 Å². The largest absolute Gasteiger partial charge is 0.485 e. The lowest BCUT2D eigenvalue weighted by Gasteiger charge is -2.41. The van der Waals surface area contributed by atoms with E-state index in [0.717, 1.165) is 5.56 Å². The van der Waals surface area contributed by atoms with Crippen LogP contribution in [0.2, 0.25) is 5.02 Å². The predicted molar refractivity (Wildman–Crippen MR) is 108 cm³/mol. The summed E-state index contributed by atoms with van der Waals surface area (Å²) < 4.78 is 11.9. The fourth-order valence-corrected chi connectivity index (χ4v) is 3.35. The molecule has 0 radical (unpaired) electrons. The van der Waals surface area contributed by atoms with E-state index < -0.39 is 17.8 Å². The maximum absolute atomic E-state index is 10.8. The minimum atomic E-state index is -0.971. The van der Waals surface area contributed by atoms with Crippen LogP contribution in [0.4, 0.5) is 0 Å². The monoisotopic (exact) mass is 407 g/mol. The summed E-state index contributed by atoms with van der Waals surface area (Å²) in [4.78, 5) is 0. The lowest BCUT2D eigenvalue weighted by Crippen LogP contribution is -2.50. The average Bonchev–Trinajstić information content (AvgIpc) is 2.72. The summed E-state index contributed by atoms with van der Waals surface area (Å²) in [5.74, 6) is 0.827. The lowest BCUT2D eigenvalue weighted by atomic mass is 9.88. The number of benzene rings is 2. The third kappa shape index (κ3) is 3.75. The highest BCUT2D eigenvalue weighted by Gasteiger charge is 2.44. The van der Waals surface area contributed by atoms with Gasteiger partial charge in [-0.3, -0.25) is 0 Å². The quantitative estimate of drug-likeness (QED) is 0.695. The van der Waals surface area contributed by atoms with Gasteiger partial charge in [-0.1, -0.05) is 23.7 Å². The molecule has 6 nitrogen and oxygen atoms in total. The van der Waals surface area contributed by atoms with Crippen LogP contribution in [-0.2, 0) is 0 Å². The van der Waals surface area contributed by atoms with Crippen molar-refractivity contribution in [3.63, 3.8) is 0 Å². The molecule has 0 spiro atoms. The second-order valence-electron chi connectivity index (χ2n) is 7.32. The third-order valence-electron chi connectivity index (χ3n) is 4.85. The van der Waals surface area contributed by atoms with E-state index in [1.807, 2.05) is 12.1 Å². The lowest BCUT2D eigenvalue weighted by molar-refractivity contribution is -0.104. The molecule has 3 aromatic rings. The Kier molecular flexibility index (Phi) is 4.87. The molecule has 1 N–H and O–H groups in total. The van der Waals surface area contributed by atoms with Crippen LogP contribution in [0.15, 0.2) is 54.6 Å². The molecule has 7 heteroatoms. The van der Waals surface area contributed by atoms with Gasteiger partial charge in [-0.2, -0.15) is 5.26 Å². The zero-order valence-electron chi connectivity index (χ0n) is 15.8. The number of nitrogens with zero attached hydrogens (tertiary/aromatic N) is 3. The molecule has 0 fully saturated rings. The maximum Gasteiger partial charge on any atom is 0.234 e. The van der Waals surface area contributed by atoms with Crippen LogP contribution >= 0.6 is 11.6 Å².